The number of alkyl halides is 3. The van der Waals surface area contributed by atoms with Crippen LogP contribution in [0.25, 0.3) is 0 Å². The van der Waals surface area contributed by atoms with Gasteiger partial charge in [0.2, 0.25) is 0 Å². The van der Waals surface area contributed by atoms with E-state index in [0.29, 0.717) is 17.7 Å². The second kappa shape index (κ2) is 9.22. The molecule has 1 aliphatic rings. The van der Waals surface area contributed by atoms with E-state index < -0.39 is 28.0 Å². The smallest absolute Gasteiger partial charge is 0.433 e. The highest BCUT2D eigenvalue weighted by molar-refractivity contribution is 7.88. The highest BCUT2D eigenvalue weighted by Crippen LogP contribution is 2.29. The molecule has 1 aromatic carbocycles. The van der Waals surface area contributed by atoms with Crippen LogP contribution in [0.15, 0.2) is 52.6 Å². The number of hydrogen-bond donors (Lipinski definition) is 1. The highest BCUT2D eigenvalue weighted by Gasteiger charge is 2.34. The number of carbonyl (C=O) groups excluding carboxylic acids is 1. The molecule has 0 saturated heterocycles. The SMILES string of the molecule is CCCN1C(C(=O)Nc2cccc(C(F)(F)F)n2)=CC(c2ccc(OC)c(C)c2)=NS1(=O)=O. The summed E-state index contributed by atoms with van der Waals surface area (Å²) < 4.78 is 74.4. The molecule has 0 spiro atoms. The van der Waals surface area contributed by atoms with Gasteiger partial charge in [-0.15, -0.1) is 4.40 Å². The number of benzene rings is 1. The van der Waals surface area contributed by atoms with Crippen molar-refractivity contribution in [1.29, 1.82) is 0 Å². The van der Waals surface area contributed by atoms with Crippen molar-refractivity contribution < 1.29 is 31.1 Å². The number of allylic oxidation sites excluding steroid dienone is 1. The Morgan fingerprint density at radius 1 is 1.21 bits per heavy atom. The summed E-state index contributed by atoms with van der Waals surface area (Å²) in [6.07, 6.45) is -3.05. The zero-order chi connectivity index (χ0) is 24.4. The molecule has 0 radical (unpaired) electrons. The Morgan fingerprint density at radius 3 is 2.55 bits per heavy atom. The molecule has 0 saturated carbocycles. The first-order valence-electron chi connectivity index (χ1n) is 9.81. The number of rotatable bonds is 6. The van der Waals surface area contributed by atoms with E-state index in [2.05, 4.69) is 14.7 Å². The van der Waals surface area contributed by atoms with E-state index in [-0.39, 0.29) is 23.8 Å². The number of pyridine rings is 1. The summed E-state index contributed by atoms with van der Waals surface area (Å²) >= 11 is 0. The normalized spacial score (nSPS) is 15.5. The van der Waals surface area contributed by atoms with Crippen molar-refractivity contribution in [3.63, 3.8) is 0 Å². The molecule has 33 heavy (non-hydrogen) atoms. The van der Waals surface area contributed by atoms with E-state index in [1.807, 2.05) is 0 Å². The van der Waals surface area contributed by atoms with Gasteiger partial charge in [0.25, 0.3) is 5.91 Å². The number of aromatic nitrogens is 1. The Morgan fingerprint density at radius 2 is 1.94 bits per heavy atom. The number of halogens is 3. The molecule has 1 aliphatic heterocycles. The summed E-state index contributed by atoms with van der Waals surface area (Å²) in [5.74, 6) is -0.714. The molecule has 3 rings (SSSR count). The van der Waals surface area contributed by atoms with Crippen molar-refractivity contribution in [2.75, 3.05) is 19.0 Å². The van der Waals surface area contributed by atoms with Gasteiger partial charge in [0, 0.05) is 12.1 Å². The predicted molar refractivity (Wildman–Crippen MR) is 116 cm³/mol. The molecule has 2 aromatic rings. The lowest BCUT2D eigenvalue weighted by molar-refractivity contribution is -0.141. The van der Waals surface area contributed by atoms with Crippen LogP contribution in [-0.4, -0.2) is 43.0 Å². The van der Waals surface area contributed by atoms with E-state index >= 15 is 0 Å². The molecule has 1 N–H and O–H groups in total. The van der Waals surface area contributed by atoms with Crippen LogP contribution in [0.3, 0.4) is 0 Å². The van der Waals surface area contributed by atoms with Crippen LogP contribution in [-0.2, 0) is 21.2 Å². The zero-order valence-corrected chi connectivity index (χ0v) is 18.8. The largest absolute Gasteiger partial charge is 0.496 e. The molecule has 176 valence electrons. The van der Waals surface area contributed by atoms with Crippen LogP contribution in [0.1, 0.15) is 30.2 Å². The average molecular weight is 482 g/mol. The maximum atomic E-state index is 13.0. The molecule has 0 unspecified atom stereocenters. The van der Waals surface area contributed by atoms with Gasteiger partial charge in [-0.3, -0.25) is 4.79 Å². The summed E-state index contributed by atoms with van der Waals surface area (Å²) in [6.45, 7) is 3.43. The van der Waals surface area contributed by atoms with Gasteiger partial charge in [0.05, 0.1) is 12.8 Å². The molecule has 1 amide bonds. The topological polar surface area (TPSA) is 101 Å². The Balaban J connectivity index is 2.02. The van der Waals surface area contributed by atoms with E-state index in [1.54, 1.807) is 32.0 Å². The Bertz CT molecular complexity index is 1240. The van der Waals surface area contributed by atoms with Crippen molar-refractivity contribution >= 4 is 27.6 Å². The maximum absolute atomic E-state index is 13.0. The molecular weight excluding hydrogens is 461 g/mol. The van der Waals surface area contributed by atoms with Gasteiger partial charge in [0.1, 0.15) is 23.0 Å². The Hall–Kier alpha value is -3.41. The van der Waals surface area contributed by atoms with Gasteiger partial charge in [-0.2, -0.15) is 21.6 Å². The number of aryl methyl sites for hydroxylation is 1. The monoisotopic (exact) mass is 482 g/mol. The highest BCUT2D eigenvalue weighted by atomic mass is 32.2. The third-order valence-electron chi connectivity index (χ3n) is 4.67. The Kier molecular flexibility index (Phi) is 6.77. The lowest BCUT2D eigenvalue weighted by Gasteiger charge is -2.27. The molecule has 12 heteroatoms. The van der Waals surface area contributed by atoms with Crippen molar-refractivity contribution in [3.8, 4) is 5.75 Å². The summed E-state index contributed by atoms with van der Waals surface area (Å²) in [6, 6.07) is 7.92. The number of methoxy groups -OCH3 is 1. The number of hydrogen-bond acceptors (Lipinski definition) is 5. The summed E-state index contributed by atoms with van der Waals surface area (Å²) in [5, 5.41) is 2.25. The second-order valence-corrected chi connectivity index (χ2v) is 8.62. The average Bonchev–Trinajstić information content (AvgIpc) is 2.74. The van der Waals surface area contributed by atoms with Gasteiger partial charge in [-0.05, 0) is 55.3 Å². The van der Waals surface area contributed by atoms with Crippen LogP contribution < -0.4 is 10.1 Å². The molecule has 0 aliphatic carbocycles. The van der Waals surface area contributed by atoms with Crippen LogP contribution in [0.2, 0.25) is 0 Å². The van der Waals surface area contributed by atoms with Crippen LogP contribution in [0, 0.1) is 6.92 Å². The van der Waals surface area contributed by atoms with E-state index in [9.17, 15) is 26.4 Å². The van der Waals surface area contributed by atoms with Crippen LogP contribution in [0.4, 0.5) is 19.0 Å². The first kappa shape index (κ1) is 24.2. The minimum absolute atomic E-state index is 0.00950. The fourth-order valence-electron chi connectivity index (χ4n) is 3.16. The van der Waals surface area contributed by atoms with E-state index in [0.717, 1.165) is 22.0 Å². The molecule has 8 nitrogen and oxygen atoms in total. The van der Waals surface area contributed by atoms with E-state index in [4.69, 9.17) is 4.74 Å². The lowest BCUT2D eigenvalue weighted by Crippen LogP contribution is -2.39. The third-order valence-corrected chi connectivity index (χ3v) is 6.03. The fraction of sp³-hybridized carbons (Fsp3) is 0.286. The number of amides is 1. The molecule has 0 fully saturated rings. The molecular formula is C21H21F3N4O4S. The number of nitrogens with zero attached hydrogens (tertiary/aromatic N) is 3. The first-order valence-corrected chi connectivity index (χ1v) is 11.2. The predicted octanol–water partition coefficient (Wildman–Crippen LogP) is 3.70. The van der Waals surface area contributed by atoms with Crippen LogP contribution in [0.5, 0.6) is 5.75 Å². The number of ether oxygens (including phenoxy) is 1. The molecule has 1 aromatic heterocycles. The molecule has 0 atom stereocenters. The van der Waals surface area contributed by atoms with E-state index in [1.165, 1.54) is 19.3 Å². The quantitative estimate of drug-likeness (QED) is 0.677. The lowest BCUT2D eigenvalue weighted by atomic mass is 10.1. The van der Waals surface area contributed by atoms with Crippen molar-refractivity contribution in [2.45, 2.75) is 26.4 Å². The zero-order valence-electron chi connectivity index (χ0n) is 18.0. The fourth-order valence-corrected chi connectivity index (χ4v) is 4.46. The molecule has 0 bridgehead atoms. The summed E-state index contributed by atoms with van der Waals surface area (Å²) in [5.41, 5.74) is -0.314. The van der Waals surface area contributed by atoms with Crippen LogP contribution >= 0.6 is 0 Å². The number of carbonyl (C=O) groups is 1. The van der Waals surface area contributed by atoms with Crippen molar-refractivity contribution in [3.05, 3.63) is 65.0 Å². The molecule has 2 heterocycles. The van der Waals surface area contributed by atoms with Gasteiger partial charge in [-0.25, -0.2) is 9.29 Å². The first-order chi connectivity index (χ1) is 15.5. The summed E-state index contributed by atoms with van der Waals surface area (Å²) in [4.78, 5) is 16.4. The maximum Gasteiger partial charge on any atom is 0.433 e. The Labute approximate surface area is 189 Å². The minimum atomic E-state index is -4.70. The third kappa shape index (κ3) is 5.33. The van der Waals surface area contributed by atoms with Crippen molar-refractivity contribution in [2.24, 2.45) is 4.40 Å². The van der Waals surface area contributed by atoms with Gasteiger partial charge in [-0.1, -0.05) is 13.0 Å². The second-order valence-electron chi connectivity index (χ2n) is 7.10. The van der Waals surface area contributed by atoms with Gasteiger partial charge in [0.15, 0.2) is 0 Å². The summed E-state index contributed by atoms with van der Waals surface area (Å²) in [7, 11) is -2.77. The minimum Gasteiger partial charge on any atom is -0.496 e. The van der Waals surface area contributed by atoms with Gasteiger partial charge < -0.3 is 10.1 Å². The van der Waals surface area contributed by atoms with Crippen molar-refractivity contribution in [1.82, 2.24) is 9.29 Å². The van der Waals surface area contributed by atoms with Gasteiger partial charge >= 0.3 is 16.4 Å². The standard InChI is InChI=1S/C21H21F3N4O4S/c1-4-10-28-16(20(29)26-19-7-5-6-18(25-19)21(22,23)24)12-15(27-33(28,30)31)14-8-9-17(32-3)13(2)11-14/h5-9,11-12H,4,10H2,1-3H3,(H,25,26,29). The number of anilines is 1. The number of nitrogens with one attached hydrogen (secondary N) is 1.